The highest BCUT2D eigenvalue weighted by Crippen LogP contribution is 2.18. The lowest BCUT2D eigenvalue weighted by molar-refractivity contribution is 0.410. The number of benzene rings is 1. The Hall–Kier alpha value is -1.60. The van der Waals surface area contributed by atoms with Gasteiger partial charge in [0.1, 0.15) is 0 Å². The fourth-order valence-corrected chi connectivity index (χ4v) is 4.33. The molecule has 146 valence electrons. The molecule has 1 aromatic rings. The van der Waals surface area contributed by atoms with Crippen molar-refractivity contribution in [2.24, 2.45) is 4.99 Å². The van der Waals surface area contributed by atoms with E-state index in [0.29, 0.717) is 17.5 Å². The summed E-state index contributed by atoms with van der Waals surface area (Å²) < 4.78 is 26.4. The van der Waals surface area contributed by atoms with Crippen LogP contribution in [0.25, 0.3) is 0 Å². The van der Waals surface area contributed by atoms with Gasteiger partial charge in [-0.2, -0.15) is 4.31 Å². The molecule has 2 rings (SSSR count). The highest BCUT2D eigenvalue weighted by Gasteiger charge is 2.22. The zero-order chi connectivity index (χ0) is 19.2. The van der Waals surface area contributed by atoms with E-state index in [9.17, 15) is 8.42 Å². The van der Waals surface area contributed by atoms with Gasteiger partial charge in [0.2, 0.25) is 10.0 Å². The number of guanidine groups is 1. The molecule has 0 aromatic heterocycles. The quantitative estimate of drug-likeness (QED) is 0.563. The second-order valence-electron chi connectivity index (χ2n) is 7.08. The Bertz CT molecular complexity index is 693. The third kappa shape index (κ3) is 5.45. The molecule has 1 saturated carbocycles. The standard InChI is InChI=1S/C19H32N4O2S/c1-5-20-19(22-17-8-6-7-9-17)21-14-16-10-12-18(13-11-16)26(24,25)23(4)15(2)3/h10-13,15,17H,5-9,14H2,1-4H3,(H2,20,21,22). The maximum absolute atomic E-state index is 12.5. The van der Waals surface area contributed by atoms with Gasteiger partial charge in [-0.25, -0.2) is 13.4 Å². The van der Waals surface area contributed by atoms with Crippen LogP contribution in [-0.4, -0.2) is 44.4 Å². The molecule has 1 aliphatic carbocycles. The molecule has 2 N–H and O–H groups in total. The van der Waals surface area contributed by atoms with Crippen molar-refractivity contribution in [3.8, 4) is 0 Å². The van der Waals surface area contributed by atoms with E-state index in [1.807, 2.05) is 26.0 Å². The average molecular weight is 381 g/mol. The Labute approximate surface area is 158 Å². The molecule has 1 aliphatic rings. The monoisotopic (exact) mass is 380 g/mol. The highest BCUT2D eigenvalue weighted by atomic mass is 32.2. The number of rotatable bonds is 7. The van der Waals surface area contributed by atoms with Crippen LogP contribution in [0.4, 0.5) is 0 Å². The number of aliphatic imine (C=N–C) groups is 1. The summed E-state index contributed by atoms with van der Waals surface area (Å²) in [7, 11) is -1.83. The predicted molar refractivity (Wildman–Crippen MR) is 107 cm³/mol. The first-order chi connectivity index (χ1) is 12.3. The summed E-state index contributed by atoms with van der Waals surface area (Å²) in [6, 6.07) is 7.43. The lowest BCUT2D eigenvalue weighted by atomic mass is 10.2. The largest absolute Gasteiger partial charge is 0.357 e. The Balaban J connectivity index is 2.05. The maximum atomic E-state index is 12.5. The normalized spacial score (nSPS) is 16.5. The van der Waals surface area contributed by atoms with Gasteiger partial charge in [0, 0.05) is 25.7 Å². The Morgan fingerprint density at radius 3 is 2.38 bits per heavy atom. The second kappa shape index (κ2) is 9.37. The topological polar surface area (TPSA) is 73.8 Å². The summed E-state index contributed by atoms with van der Waals surface area (Å²) in [5, 5.41) is 6.77. The Morgan fingerprint density at radius 2 is 1.85 bits per heavy atom. The molecule has 1 fully saturated rings. The zero-order valence-electron chi connectivity index (χ0n) is 16.3. The van der Waals surface area contributed by atoms with Crippen molar-refractivity contribution in [1.82, 2.24) is 14.9 Å². The van der Waals surface area contributed by atoms with Crippen molar-refractivity contribution in [2.75, 3.05) is 13.6 Å². The third-order valence-electron chi connectivity index (χ3n) is 4.79. The van der Waals surface area contributed by atoms with Gasteiger partial charge in [0.25, 0.3) is 0 Å². The van der Waals surface area contributed by atoms with E-state index in [1.165, 1.54) is 30.0 Å². The molecule has 0 bridgehead atoms. The van der Waals surface area contributed by atoms with Gasteiger partial charge in [-0.1, -0.05) is 25.0 Å². The minimum absolute atomic E-state index is 0.0754. The number of hydrogen-bond acceptors (Lipinski definition) is 3. The van der Waals surface area contributed by atoms with Crippen molar-refractivity contribution < 1.29 is 8.42 Å². The zero-order valence-corrected chi connectivity index (χ0v) is 17.1. The summed E-state index contributed by atoms with van der Waals surface area (Å²) in [6.07, 6.45) is 4.94. The molecule has 0 aliphatic heterocycles. The molecule has 6 nitrogen and oxygen atoms in total. The average Bonchev–Trinajstić information content (AvgIpc) is 3.12. The Kier molecular flexibility index (Phi) is 7.46. The van der Waals surface area contributed by atoms with Crippen LogP contribution in [0.2, 0.25) is 0 Å². The predicted octanol–water partition coefficient (Wildman–Crippen LogP) is 2.71. The van der Waals surface area contributed by atoms with E-state index >= 15 is 0 Å². The van der Waals surface area contributed by atoms with E-state index in [1.54, 1.807) is 19.2 Å². The van der Waals surface area contributed by atoms with E-state index in [2.05, 4.69) is 22.5 Å². The van der Waals surface area contributed by atoms with Crippen LogP contribution in [0.15, 0.2) is 34.2 Å². The summed E-state index contributed by atoms with van der Waals surface area (Å²) in [6.45, 7) is 7.11. The number of nitrogens with one attached hydrogen (secondary N) is 2. The van der Waals surface area contributed by atoms with Gasteiger partial charge in [-0.05, 0) is 51.3 Å². The first kappa shape index (κ1) is 20.7. The van der Waals surface area contributed by atoms with E-state index in [-0.39, 0.29) is 6.04 Å². The smallest absolute Gasteiger partial charge is 0.243 e. The molecule has 0 spiro atoms. The minimum atomic E-state index is -3.44. The van der Waals surface area contributed by atoms with Gasteiger partial charge in [0.05, 0.1) is 11.4 Å². The SMILES string of the molecule is CCNC(=NCc1ccc(S(=O)(=O)N(C)C(C)C)cc1)NC1CCCC1. The van der Waals surface area contributed by atoms with E-state index < -0.39 is 10.0 Å². The van der Waals surface area contributed by atoms with Crippen LogP contribution in [0.1, 0.15) is 52.0 Å². The van der Waals surface area contributed by atoms with Crippen molar-refractivity contribution in [1.29, 1.82) is 0 Å². The molecule has 26 heavy (non-hydrogen) atoms. The maximum Gasteiger partial charge on any atom is 0.243 e. The molecule has 7 heteroatoms. The minimum Gasteiger partial charge on any atom is -0.357 e. The first-order valence-corrected chi connectivity index (χ1v) is 10.9. The van der Waals surface area contributed by atoms with Crippen molar-refractivity contribution in [3.05, 3.63) is 29.8 Å². The number of sulfonamides is 1. The van der Waals surface area contributed by atoms with E-state index in [4.69, 9.17) is 0 Å². The van der Waals surface area contributed by atoms with Gasteiger partial charge in [-0.3, -0.25) is 0 Å². The molecule has 0 atom stereocenters. The molecular weight excluding hydrogens is 348 g/mol. The molecule has 0 saturated heterocycles. The van der Waals surface area contributed by atoms with Gasteiger partial charge >= 0.3 is 0 Å². The van der Waals surface area contributed by atoms with Gasteiger partial charge in [0.15, 0.2) is 5.96 Å². The van der Waals surface area contributed by atoms with E-state index in [0.717, 1.165) is 18.1 Å². The van der Waals surface area contributed by atoms with Crippen LogP contribution in [0.5, 0.6) is 0 Å². The molecular formula is C19H32N4O2S. The van der Waals surface area contributed by atoms with Crippen LogP contribution in [0.3, 0.4) is 0 Å². The molecule has 0 amide bonds. The van der Waals surface area contributed by atoms with Gasteiger partial charge < -0.3 is 10.6 Å². The Morgan fingerprint density at radius 1 is 1.23 bits per heavy atom. The van der Waals surface area contributed by atoms with Crippen LogP contribution >= 0.6 is 0 Å². The molecule has 0 unspecified atom stereocenters. The summed E-state index contributed by atoms with van der Waals surface area (Å²) in [5.41, 5.74) is 0.986. The number of nitrogens with zero attached hydrogens (tertiary/aromatic N) is 2. The molecule has 0 radical (unpaired) electrons. The fourth-order valence-electron chi connectivity index (χ4n) is 2.96. The second-order valence-corrected chi connectivity index (χ2v) is 9.08. The van der Waals surface area contributed by atoms with Crippen LogP contribution < -0.4 is 10.6 Å². The lowest BCUT2D eigenvalue weighted by Gasteiger charge is -2.21. The van der Waals surface area contributed by atoms with Crippen molar-refractivity contribution >= 4 is 16.0 Å². The summed E-state index contributed by atoms with van der Waals surface area (Å²) in [5.74, 6) is 0.829. The van der Waals surface area contributed by atoms with Crippen molar-refractivity contribution in [2.45, 2.75) is 70.0 Å². The summed E-state index contributed by atoms with van der Waals surface area (Å²) in [4.78, 5) is 4.95. The first-order valence-electron chi connectivity index (χ1n) is 9.46. The molecule has 0 heterocycles. The summed E-state index contributed by atoms with van der Waals surface area (Å²) >= 11 is 0. The fraction of sp³-hybridized carbons (Fsp3) is 0.632. The van der Waals surface area contributed by atoms with Crippen molar-refractivity contribution in [3.63, 3.8) is 0 Å². The lowest BCUT2D eigenvalue weighted by Crippen LogP contribution is -2.42. The molecule has 1 aromatic carbocycles. The number of hydrogen-bond donors (Lipinski definition) is 2. The van der Waals surface area contributed by atoms with Crippen LogP contribution in [-0.2, 0) is 16.6 Å². The third-order valence-corrected chi connectivity index (χ3v) is 6.84. The van der Waals surface area contributed by atoms with Gasteiger partial charge in [-0.15, -0.1) is 0 Å². The van der Waals surface area contributed by atoms with Crippen LogP contribution in [0, 0.1) is 0 Å². The highest BCUT2D eigenvalue weighted by molar-refractivity contribution is 7.89.